The molecule has 0 aliphatic carbocycles. The Morgan fingerprint density at radius 3 is 2.74 bits per heavy atom. The van der Waals surface area contributed by atoms with E-state index in [2.05, 4.69) is 35.8 Å². The fourth-order valence-electron chi connectivity index (χ4n) is 4.01. The van der Waals surface area contributed by atoms with E-state index in [4.69, 9.17) is 0 Å². The van der Waals surface area contributed by atoms with Crippen LogP contribution in [0.5, 0.6) is 0 Å². The molecule has 1 aromatic carbocycles. The van der Waals surface area contributed by atoms with E-state index in [-0.39, 0.29) is 17.7 Å². The fourth-order valence-corrected chi connectivity index (χ4v) is 4.01. The number of nitrogens with one attached hydrogen (secondary N) is 4. The molecule has 0 unspecified atom stereocenters. The van der Waals surface area contributed by atoms with Gasteiger partial charge in [-0.25, -0.2) is 9.97 Å². The highest BCUT2D eigenvalue weighted by Crippen LogP contribution is 2.40. The number of H-pyrrole nitrogens is 2. The molecule has 0 saturated carbocycles. The zero-order valence-electron chi connectivity index (χ0n) is 16.4. The number of hydrogen-bond donors (Lipinski definition) is 4. The summed E-state index contributed by atoms with van der Waals surface area (Å²) in [7, 11) is 0. The summed E-state index contributed by atoms with van der Waals surface area (Å²) in [6.45, 7) is 1.66. The van der Waals surface area contributed by atoms with Gasteiger partial charge in [-0.3, -0.25) is 5.10 Å². The van der Waals surface area contributed by atoms with Crippen molar-refractivity contribution in [3.63, 3.8) is 0 Å². The topological polar surface area (TPSA) is 94.3 Å². The first kappa shape index (κ1) is 19.6. The van der Waals surface area contributed by atoms with Gasteiger partial charge in [-0.05, 0) is 19.4 Å². The van der Waals surface area contributed by atoms with Gasteiger partial charge in [-0.15, -0.1) is 0 Å². The number of benzene rings is 1. The fraction of sp³-hybridized carbons (Fsp3) is 0.286. The molecule has 0 spiro atoms. The van der Waals surface area contributed by atoms with Gasteiger partial charge < -0.3 is 15.6 Å². The summed E-state index contributed by atoms with van der Waals surface area (Å²) in [5, 5.41) is 13.8. The minimum absolute atomic E-state index is 0.0778. The molecule has 4 heterocycles. The quantitative estimate of drug-likeness (QED) is 0.392. The Morgan fingerprint density at radius 1 is 1.10 bits per heavy atom. The van der Waals surface area contributed by atoms with Crippen molar-refractivity contribution in [2.45, 2.75) is 25.1 Å². The average molecular weight is 427 g/mol. The van der Waals surface area contributed by atoms with Crippen molar-refractivity contribution in [1.29, 1.82) is 0 Å². The van der Waals surface area contributed by atoms with Gasteiger partial charge in [0.15, 0.2) is 0 Å². The Bertz CT molecular complexity index is 1190. The van der Waals surface area contributed by atoms with E-state index in [0.29, 0.717) is 10.9 Å². The number of anilines is 1. The average Bonchev–Trinajstić information content (AvgIpc) is 3.44. The van der Waals surface area contributed by atoms with E-state index in [1.54, 1.807) is 24.7 Å². The molecule has 0 bridgehead atoms. The number of nitrogens with zero attached hydrogens (tertiary/aromatic N) is 3. The number of piperidine rings is 1. The number of aromatic amines is 2. The monoisotopic (exact) mass is 427 g/mol. The van der Waals surface area contributed by atoms with Crippen LogP contribution in [0.3, 0.4) is 0 Å². The second-order valence-electron chi connectivity index (χ2n) is 7.56. The number of fused-ring (bicyclic) bond motifs is 1. The van der Waals surface area contributed by atoms with Crippen molar-refractivity contribution in [2.75, 3.05) is 18.4 Å². The van der Waals surface area contributed by atoms with Crippen LogP contribution in [0.4, 0.5) is 19.1 Å². The minimum Gasteiger partial charge on any atom is -0.360 e. The molecule has 4 N–H and O–H groups in total. The molecule has 7 nitrogen and oxygen atoms in total. The minimum atomic E-state index is -4.58. The molecule has 31 heavy (non-hydrogen) atoms. The normalized spacial score (nSPS) is 17.2. The maximum absolute atomic E-state index is 13.8. The molecular weight excluding hydrogens is 407 g/mol. The second kappa shape index (κ2) is 7.69. The van der Waals surface area contributed by atoms with Crippen molar-refractivity contribution in [3.05, 3.63) is 48.5 Å². The number of hydrogen-bond acceptors (Lipinski definition) is 5. The molecular formula is C21H20F3N7. The molecule has 0 radical (unpaired) electrons. The number of aromatic nitrogens is 5. The maximum Gasteiger partial charge on any atom is 0.419 e. The lowest BCUT2D eigenvalue weighted by molar-refractivity contribution is -0.137. The zero-order valence-corrected chi connectivity index (χ0v) is 16.4. The molecule has 5 rings (SSSR count). The lowest BCUT2D eigenvalue weighted by Gasteiger charge is -2.24. The third-order valence-corrected chi connectivity index (χ3v) is 5.50. The third-order valence-electron chi connectivity index (χ3n) is 5.50. The zero-order chi connectivity index (χ0) is 21.4. The largest absolute Gasteiger partial charge is 0.419 e. The summed E-state index contributed by atoms with van der Waals surface area (Å²) < 4.78 is 41.4. The van der Waals surface area contributed by atoms with Gasteiger partial charge >= 0.3 is 6.18 Å². The van der Waals surface area contributed by atoms with Gasteiger partial charge in [0.2, 0.25) is 5.95 Å². The first-order valence-corrected chi connectivity index (χ1v) is 10.0. The van der Waals surface area contributed by atoms with Crippen molar-refractivity contribution in [1.82, 2.24) is 30.5 Å². The van der Waals surface area contributed by atoms with Gasteiger partial charge in [-0.2, -0.15) is 18.3 Å². The molecule has 4 aromatic rings. The van der Waals surface area contributed by atoms with Crippen molar-refractivity contribution < 1.29 is 13.2 Å². The first-order chi connectivity index (χ1) is 15.0. The second-order valence-corrected chi connectivity index (χ2v) is 7.56. The van der Waals surface area contributed by atoms with Crippen LogP contribution in [-0.4, -0.2) is 44.3 Å². The Hall–Kier alpha value is -3.40. The molecule has 10 heteroatoms. The maximum atomic E-state index is 13.8. The summed E-state index contributed by atoms with van der Waals surface area (Å²) in [5.41, 5.74) is 1.76. The summed E-state index contributed by atoms with van der Waals surface area (Å²) in [6, 6.07) is 5.56. The van der Waals surface area contributed by atoms with Crippen molar-refractivity contribution in [2.24, 2.45) is 0 Å². The van der Waals surface area contributed by atoms with E-state index >= 15 is 0 Å². The molecule has 1 aliphatic heterocycles. The molecule has 1 atom stereocenters. The van der Waals surface area contributed by atoms with Crippen LogP contribution in [0.15, 0.2) is 43.0 Å². The van der Waals surface area contributed by atoms with E-state index in [0.717, 1.165) is 48.8 Å². The molecule has 3 aromatic heterocycles. The molecule has 1 saturated heterocycles. The number of alkyl halides is 3. The highest BCUT2D eigenvalue weighted by atomic mass is 19.4. The summed E-state index contributed by atoms with van der Waals surface area (Å²) in [4.78, 5) is 11.4. The Labute approximate surface area is 175 Å². The smallest absolute Gasteiger partial charge is 0.360 e. The molecule has 160 valence electrons. The lowest BCUT2D eigenvalue weighted by atomic mass is 10.0. The van der Waals surface area contributed by atoms with Crippen LogP contribution in [-0.2, 0) is 6.18 Å². The number of para-hydroxylation sites is 1. The van der Waals surface area contributed by atoms with E-state index < -0.39 is 11.7 Å². The van der Waals surface area contributed by atoms with Crippen LogP contribution in [0.1, 0.15) is 18.4 Å². The number of rotatable bonds is 4. The predicted octanol–water partition coefficient (Wildman–Crippen LogP) is 4.20. The molecule has 1 aliphatic rings. The van der Waals surface area contributed by atoms with E-state index in [9.17, 15) is 13.2 Å². The van der Waals surface area contributed by atoms with Crippen LogP contribution < -0.4 is 10.6 Å². The lowest BCUT2D eigenvalue weighted by Crippen LogP contribution is -2.38. The Morgan fingerprint density at radius 2 is 2.00 bits per heavy atom. The van der Waals surface area contributed by atoms with E-state index in [1.807, 2.05) is 12.1 Å². The van der Waals surface area contributed by atoms with Gasteiger partial charge in [-0.1, -0.05) is 18.2 Å². The highest BCUT2D eigenvalue weighted by Gasteiger charge is 2.36. The Balaban J connectivity index is 1.62. The van der Waals surface area contributed by atoms with Gasteiger partial charge in [0, 0.05) is 53.3 Å². The van der Waals surface area contributed by atoms with Crippen molar-refractivity contribution >= 4 is 16.9 Å². The van der Waals surface area contributed by atoms with Crippen LogP contribution in [0, 0.1) is 0 Å². The van der Waals surface area contributed by atoms with Crippen LogP contribution in [0.25, 0.3) is 33.3 Å². The van der Waals surface area contributed by atoms with Crippen molar-refractivity contribution in [3.8, 4) is 22.4 Å². The highest BCUT2D eigenvalue weighted by molar-refractivity contribution is 6.02. The van der Waals surface area contributed by atoms with Crippen LogP contribution in [0.2, 0.25) is 0 Å². The van der Waals surface area contributed by atoms with Crippen LogP contribution >= 0.6 is 0 Å². The summed E-state index contributed by atoms with van der Waals surface area (Å²) >= 11 is 0. The molecule has 1 fully saturated rings. The Kier molecular flexibility index (Phi) is 4.85. The molecule has 0 amide bonds. The predicted molar refractivity (Wildman–Crippen MR) is 111 cm³/mol. The van der Waals surface area contributed by atoms with Gasteiger partial charge in [0.25, 0.3) is 0 Å². The SMILES string of the molecule is FC(F)(F)c1cnc(N[C@H]2CCCNC2)nc1-c1c[nH]c2c(-c3cn[nH]c3)cccc12. The standard InChI is InChI=1S/C21H20F3N7/c22-21(23,24)17-11-27-20(30-13-3-2-6-25-9-13)31-19(17)16-10-26-18-14(4-1-5-15(16)18)12-7-28-29-8-12/h1,4-5,7-8,10-11,13,25-26H,2-3,6,9H2,(H,28,29)(H,27,30,31)/t13-/m0/s1. The third kappa shape index (κ3) is 3.74. The summed E-state index contributed by atoms with van der Waals surface area (Å²) in [6.07, 6.45) is 3.16. The van der Waals surface area contributed by atoms with E-state index in [1.165, 1.54) is 0 Å². The van der Waals surface area contributed by atoms with Gasteiger partial charge in [0.1, 0.15) is 5.56 Å². The first-order valence-electron chi connectivity index (χ1n) is 10.0. The summed E-state index contributed by atoms with van der Waals surface area (Å²) in [5.74, 6) is 0.192. The van der Waals surface area contributed by atoms with Gasteiger partial charge in [0.05, 0.1) is 17.4 Å². The number of halogens is 3.